The molecule has 1 aromatic rings. The molecule has 0 aromatic heterocycles. The van der Waals surface area contributed by atoms with Crippen LogP contribution in [0.15, 0.2) is 24.3 Å². The molecular formula is C16H28N2O. The Kier molecular flexibility index (Phi) is 7.53. The molecule has 0 fully saturated rings. The molecule has 0 aliphatic rings. The van der Waals surface area contributed by atoms with Gasteiger partial charge in [-0.2, -0.15) is 0 Å². The second kappa shape index (κ2) is 8.94. The molecule has 0 amide bonds. The quantitative estimate of drug-likeness (QED) is 0.693. The van der Waals surface area contributed by atoms with Crippen molar-refractivity contribution in [3.05, 3.63) is 29.8 Å². The molecule has 0 aliphatic heterocycles. The van der Waals surface area contributed by atoms with E-state index in [0.29, 0.717) is 0 Å². The van der Waals surface area contributed by atoms with Crippen LogP contribution in [0.2, 0.25) is 0 Å². The third-order valence-corrected chi connectivity index (χ3v) is 3.16. The molecule has 1 rings (SSSR count). The van der Waals surface area contributed by atoms with Gasteiger partial charge in [0.15, 0.2) is 0 Å². The molecule has 0 heterocycles. The zero-order valence-corrected chi connectivity index (χ0v) is 12.8. The van der Waals surface area contributed by atoms with Gasteiger partial charge >= 0.3 is 0 Å². The molecule has 19 heavy (non-hydrogen) atoms. The van der Waals surface area contributed by atoms with Crippen LogP contribution in [0.4, 0.5) is 0 Å². The molecule has 0 saturated carbocycles. The lowest BCUT2D eigenvalue weighted by molar-refractivity contribution is 0.332. The highest BCUT2D eigenvalue weighted by Gasteiger charge is 2.00. The van der Waals surface area contributed by atoms with Gasteiger partial charge in [0, 0.05) is 19.6 Å². The van der Waals surface area contributed by atoms with Crippen molar-refractivity contribution in [3.63, 3.8) is 0 Å². The summed E-state index contributed by atoms with van der Waals surface area (Å²) in [5.41, 5.74) is 1.36. The topological polar surface area (TPSA) is 24.5 Å². The Bertz CT molecular complexity index is 335. The molecule has 3 nitrogen and oxygen atoms in total. The Morgan fingerprint density at radius 1 is 1.16 bits per heavy atom. The predicted molar refractivity (Wildman–Crippen MR) is 81.9 cm³/mol. The lowest BCUT2D eigenvalue weighted by Gasteiger charge is -2.17. The van der Waals surface area contributed by atoms with Crippen LogP contribution < -0.4 is 10.1 Å². The predicted octanol–water partition coefficient (Wildman–Crippen LogP) is 2.42. The van der Waals surface area contributed by atoms with Crippen LogP contribution in [0.5, 0.6) is 5.75 Å². The fraction of sp³-hybridized carbons (Fsp3) is 0.625. The van der Waals surface area contributed by atoms with E-state index < -0.39 is 0 Å². The van der Waals surface area contributed by atoms with Crippen LogP contribution in [0.25, 0.3) is 0 Å². The van der Waals surface area contributed by atoms with Gasteiger partial charge in [0.05, 0.1) is 7.11 Å². The number of likely N-dealkylation sites (N-methyl/N-ethyl adjacent to an activating group) is 1. The smallest absolute Gasteiger partial charge is 0.118 e. The molecular weight excluding hydrogens is 236 g/mol. The van der Waals surface area contributed by atoms with Crippen LogP contribution in [0, 0.1) is 5.92 Å². The fourth-order valence-corrected chi connectivity index (χ4v) is 1.88. The maximum Gasteiger partial charge on any atom is 0.118 e. The van der Waals surface area contributed by atoms with Gasteiger partial charge in [-0.15, -0.1) is 0 Å². The van der Waals surface area contributed by atoms with E-state index in [4.69, 9.17) is 4.74 Å². The van der Waals surface area contributed by atoms with E-state index in [0.717, 1.165) is 44.3 Å². The van der Waals surface area contributed by atoms with E-state index in [1.165, 1.54) is 5.56 Å². The molecule has 0 saturated heterocycles. The number of ether oxygens (including phenoxy) is 1. The highest BCUT2D eigenvalue weighted by atomic mass is 16.5. The maximum absolute atomic E-state index is 5.16. The first-order valence-electron chi connectivity index (χ1n) is 7.14. The van der Waals surface area contributed by atoms with Gasteiger partial charge in [0.1, 0.15) is 5.75 Å². The summed E-state index contributed by atoms with van der Waals surface area (Å²) < 4.78 is 5.16. The van der Waals surface area contributed by atoms with E-state index >= 15 is 0 Å². The van der Waals surface area contributed by atoms with Crippen molar-refractivity contribution < 1.29 is 4.74 Å². The van der Waals surface area contributed by atoms with Crippen molar-refractivity contribution in [2.24, 2.45) is 5.92 Å². The average molecular weight is 264 g/mol. The van der Waals surface area contributed by atoms with Gasteiger partial charge in [-0.3, -0.25) is 0 Å². The minimum atomic E-state index is 0.726. The molecule has 0 aliphatic carbocycles. The number of nitrogens with zero attached hydrogens (tertiary/aromatic N) is 1. The van der Waals surface area contributed by atoms with Crippen LogP contribution in [-0.2, 0) is 6.42 Å². The Balaban J connectivity index is 2.16. The van der Waals surface area contributed by atoms with Crippen molar-refractivity contribution in [3.8, 4) is 5.75 Å². The Labute approximate surface area is 118 Å². The maximum atomic E-state index is 5.16. The number of nitrogens with one attached hydrogen (secondary N) is 1. The Hall–Kier alpha value is -1.06. The average Bonchev–Trinajstić information content (AvgIpc) is 2.41. The number of hydrogen-bond acceptors (Lipinski definition) is 3. The van der Waals surface area contributed by atoms with Crippen molar-refractivity contribution in [2.45, 2.75) is 20.3 Å². The highest BCUT2D eigenvalue weighted by molar-refractivity contribution is 5.27. The van der Waals surface area contributed by atoms with Gasteiger partial charge in [-0.1, -0.05) is 26.0 Å². The summed E-state index contributed by atoms with van der Waals surface area (Å²) in [6.07, 6.45) is 1.09. The van der Waals surface area contributed by atoms with Crippen molar-refractivity contribution in [2.75, 3.05) is 40.3 Å². The van der Waals surface area contributed by atoms with E-state index in [1.807, 2.05) is 12.1 Å². The summed E-state index contributed by atoms with van der Waals surface area (Å²) in [5, 5.41) is 3.47. The third-order valence-electron chi connectivity index (χ3n) is 3.16. The molecule has 0 unspecified atom stereocenters. The zero-order valence-electron chi connectivity index (χ0n) is 12.8. The van der Waals surface area contributed by atoms with E-state index in [-0.39, 0.29) is 0 Å². The van der Waals surface area contributed by atoms with Crippen LogP contribution >= 0.6 is 0 Å². The van der Waals surface area contributed by atoms with Crippen molar-refractivity contribution >= 4 is 0 Å². The van der Waals surface area contributed by atoms with Crippen LogP contribution in [-0.4, -0.2) is 45.2 Å². The normalized spacial score (nSPS) is 11.3. The van der Waals surface area contributed by atoms with Gasteiger partial charge in [-0.05, 0) is 43.6 Å². The molecule has 0 spiro atoms. The summed E-state index contributed by atoms with van der Waals surface area (Å²) in [6, 6.07) is 8.34. The SMILES string of the molecule is COc1ccc(CCN(C)CCNCC(C)C)cc1. The minimum absolute atomic E-state index is 0.726. The number of rotatable bonds is 9. The first-order chi connectivity index (χ1) is 9.11. The second-order valence-electron chi connectivity index (χ2n) is 5.50. The zero-order chi connectivity index (χ0) is 14.1. The summed E-state index contributed by atoms with van der Waals surface area (Å²) in [7, 11) is 3.88. The van der Waals surface area contributed by atoms with Crippen LogP contribution in [0.1, 0.15) is 19.4 Å². The van der Waals surface area contributed by atoms with Crippen molar-refractivity contribution in [1.82, 2.24) is 10.2 Å². The summed E-state index contributed by atoms with van der Waals surface area (Å²) >= 11 is 0. The fourth-order valence-electron chi connectivity index (χ4n) is 1.88. The van der Waals surface area contributed by atoms with Crippen molar-refractivity contribution in [1.29, 1.82) is 0 Å². The first kappa shape index (κ1) is 16.0. The van der Waals surface area contributed by atoms with Crippen LogP contribution in [0.3, 0.4) is 0 Å². The number of hydrogen-bond donors (Lipinski definition) is 1. The summed E-state index contributed by atoms with van der Waals surface area (Å²) in [6.45, 7) is 8.84. The molecule has 1 aromatic carbocycles. The molecule has 3 heteroatoms. The molecule has 1 N–H and O–H groups in total. The Morgan fingerprint density at radius 2 is 1.84 bits per heavy atom. The number of benzene rings is 1. The summed E-state index contributed by atoms with van der Waals surface area (Å²) in [4.78, 5) is 2.37. The molecule has 108 valence electrons. The largest absolute Gasteiger partial charge is 0.497 e. The number of methoxy groups -OCH3 is 1. The molecule has 0 radical (unpaired) electrons. The third kappa shape index (κ3) is 7.19. The highest BCUT2D eigenvalue weighted by Crippen LogP contribution is 2.11. The second-order valence-corrected chi connectivity index (χ2v) is 5.50. The van der Waals surface area contributed by atoms with E-state index in [2.05, 4.69) is 43.2 Å². The minimum Gasteiger partial charge on any atom is -0.497 e. The molecule has 0 atom stereocenters. The van der Waals surface area contributed by atoms with Gasteiger partial charge < -0.3 is 15.0 Å². The van der Waals surface area contributed by atoms with Gasteiger partial charge in [0.25, 0.3) is 0 Å². The molecule has 0 bridgehead atoms. The van der Waals surface area contributed by atoms with Gasteiger partial charge in [-0.25, -0.2) is 0 Å². The van der Waals surface area contributed by atoms with E-state index in [9.17, 15) is 0 Å². The summed E-state index contributed by atoms with van der Waals surface area (Å²) in [5.74, 6) is 1.65. The Morgan fingerprint density at radius 3 is 2.42 bits per heavy atom. The lowest BCUT2D eigenvalue weighted by Crippen LogP contribution is -2.32. The standard InChI is InChI=1S/C16H28N2O/c1-14(2)13-17-10-12-18(3)11-9-15-5-7-16(19-4)8-6-15/h5-8,14,17H,9-13H2,1-4H3. The monoisotopic (exact) mass is 264 g/mol. The van der Waals surface area contributed by atoms with E-state index in [1.54, 1.807) is 7.11 Å². The first-order valence-corrected chi connectivity index (χ1v) is 7.14. The lowest BCUT2D eigenvalue weighted by atomic mass is 10.1. The van der Waals surface area contributed by atoms with Gasteiger partial charge in [0.2, 0.25) is 0 Å².